The Balaban J connectivity index is 0. The van der Waals surface area contributed by atoms with Gasteiger partial charge < -0.3 is 36.0 Å². The summed E-state index contributed by atoms with van der Waals surface area (Å²) in [6.07, 6.45) is 5.48. The summed E-state index contributed by atoms with van der Waals surface area (Å²) >= 11 is 0. The van der Waals surface area contributed by atoms with Gasteiger partial charge >= 0.3 is 16.8 Å². The van der Waals surface area contributed by atoms with E-state index in [0.717, 1.165) is 37.3 Å². The molecule has 0 amide bonds. The predicted molar refractivity (Wildman–Crippen MR) is 89.7 cm³/mol. The number of rotatable bonds is 6. The van der Waals surface area contributed by atoms with E-state index in [4.69, 9.17) is 30.6 Å². The third kappa shape index (κ3) is 19.2. The average molecular weight is 409 g/mol. The molecule has 142 valence electrons. The third-order valence-corrected chi connectivity index (χ3v) is 2.50. The van der Waals surface area contributed by atoms with Crippen LogP contribution in [0, 0.1) is 30.6 Å². The summed E-state index contributed by atoms with van der Waals surface area (Å²) in [4.78, 5) is 25.0. The molecule has 2 rings (SSSR count). The second-order valence-electron chi connectivity index (χ2n) is 4.26. The van der Waals surface area contributed by atoms with Gasteiger partial charge in [0.1, 0.15) is 0 Å². The molecule has 0 radical (unpaired) electrons. The van der Waals surface area contributed by atoms with Gasteiger partial charge in [-0.15, -0.1) is 13.1 Å². The Hall–Kier alpha value is -2.83. The van der Waals surface area contributed by atoms with E-state index in [2.05, 4.69) is 15.3 Å². The topological polar surface area (TPSA) is 172 Å². The molecular weight excluding hydrogens is 393 g/mol. The molecule has 0 spiro atoms. The van der Waals surface area contributed by atoms with Crippen molar-refractivity contribution in [3.05, 3.63) is 96.1 Å². The molecule has 0 aliphatic carbocycles. The van der Waals surface area contributed by atoms with E-state index in [-0.39, 0.29) is 16.8 Å². The van der Waals surface area contributed by atoms with E-state index < -0.39 is 10.2 Å². The minimum Gasteiger partial charge on any atom is -0.662 e. The first-order valence-corrected chi connectivity index (χ1v) is 6.98. The van der Waals surface area contributed by atoms with Crippen LogP contribution in [0.1, 0.15) is 11.4 Å². The van der Waals surface area contributed by atoms with Gasteiger partial charge in [0.25, 0.3) is 0 Å². The number of nitrogens with zero attached hydrogens (tertiary/aromatic N) is 5. The average Bonchev–Trinajstić information content (AvgIpc) is 2.55. The zero-order valence-electron chi connectivity index (χ0n) is 13.5. The van der Waals surface area contributed by atoms with E-state index in [1.165, 1.54) is 0 Å². The SMILES string of the molecule is O=[N+]([O-])[O-].O=[N+]([O-])[O-].[Co+3].c1ccc(CC[N-]CCc2ccccn2)nc1. The van der Waals surface area contributed by atoms with Crippen molar-refractivity contribution >= 4 is 0 Å². The monoisotopic (exact) mass is 409 g/mol. The van der Waals surface area contributed by atoms with Crippen LogP contribution >= 0.6 is 0 Å². The van der Waals surface area contributed by atoms with Crippen LogP contribution in [0.2, 0.25) is 0 Å². The number of aromatic nitrogens is 2. The summed E-state index contributed by atoms with van der Waals surface area (Å²) < 4.78 is 0. The van der Waals surface area contributed by atoms with Crippen molar-refractivity contribution < 1.29 is 27.0 Å². The molecule has 12 heteroatoms. The summed E-state index contributed by atoms with van der Waals surface area (Å²) in [5.74, 6) is 0. The van der Waals surface area contributed by atoms with Gasteiger partial charge in [0.15, 0.2) is 0 Å². The van der Waals surface area contributed by atoms with E-state index in [1.54, 1.807) is 0 Å². The summed E-state index contributed by atoms with van der Waals surface area (Å²) in [5.41, 5.74) is 2.21. The number of pyridine rings is 2. The van der Waals surface area contributed by atoms with Crippen LogP contribution in [-0.2, 0) is 29.6 Å². The second kappa shape index (κ2) is 17.0. The fourth-order valence-electron chi connectivity index (χ4n) is 1.59. The Bertz CT molecular complexity index is 544. The zero-order valence-corrected chi connectivity index (χ0v) is 14.5. The molecule has 0 aromatic carbocycles. The molecule has 26 heavy (non-hydrogen) atoms. The molecule has 0 saturated heterocycles. The van der Waals surface area contributed by atoms with Crippen LogP contribution in [0.3, 0.4) is 0 Å². The maximum absolute atomic E-state index is 8.25. The minimum atomic E-state index is -1.75. The van der Waals surface area contributed by atoms with Gasteiger partial charge in [0.05, 0.1) is 10.2 Å². The molecule has 2 aromatic rings. The Kier molecular flexibility index (Phi) is 16.6. The standard InChI is InChI=1S/C14H16N3.Co.2NO3/c1-3-9-16-13(5-1)7-11-15-12-8-14-6-2-4-10-17-14;;2*2-1(3)4/h1-6,9-10H,7-8,11-12H2;;;/q-1;+3;2*-1. The van der Waals surface area contributed by atoms with Crippen molar-refractivity contribution in [3.8, 4) is 0 Å². The van der Waals surface area contributed by atoms with Crippen molar-refractivity contribution in [1.29, 1.82) is 0 Å². The quantitative estimate of drug-likeness (QED) is 0.396. The maximum Gasteiger partial charge on any atom is 3.00 e. The van der Waals surface area contributed by atoms with Crippen LogP contribution in [0.5, 0.6) is 0 Å². The summed E-state index contributed by atoms with van der Waals surface area (Å²) in [7, 11) is 0. The van der Waals surface area contributed by atoms with Gasteiger partial charge in [-0.3, -0.25) is 9.97 Å². The van der Waals surface area contributed by atoms with Crippen LogP contribution in [0.25, 0.3) is 5.32 Å². The molecule has 0 atom stereocenters. The zero-order chi connectivity index (χ0) is 18.9. The van der Waals surface area contributed by atoms with Crippen LogP contribution in [-0.4, -0.2) is 33.2 Å². The minimum absolute atomic E-state index is 0. The molecule has 2 heterocycles. The summed E-state index contributed by atoms with van der Waals surface area (Å²) in [5, 5.41) is 34.0. The first kappa shape index (κ1) is 25.4. The molecule has 0 aliphatic heterocycles. The Morgan fingerprint density at radius 3 is 1.38 bits per heavy atom. The second-order valence-corrected chi connectivity index (χ2v) is 4.26. The predicted octanol–water partition coefficient (Wildman–Crippen LogP) is 2.15. The van der Waals surface area contributed by atoms with E-state index in [1.807, 2.05) is 48.8 Å². The Labute approximate surface area is 159 Å². The fourth-order valence-corrected chi connectivity index (χ4v) is 1.59. The molecule has 0 bridgehead atoms. The normalized spacial score (nSPS) is 8.62. The smallest absolute Gasteiger partial charge is 0.662 e. The molecule has 0 fully saturated rings. The van der Waals surface area contributed by atoms with Crippen molar-refractivity contribution in [1.82, 2.24) is 9.97 Å². The van der Waals surface area contributed by atoms with Crippen molar-refractivity contribution in [2.75, 3.05) is 13.1 Å². The van der Waals surface area contributed by atoms with Crippen LogP contribution in [0.15, 0.2) is 48.8 Å². The third-order valence-electron chi connectivity index (χ3n) is 2.50. The van der Waals surface area contributed by atoms with Gasteiger partial charge in [-0.2, -0.15) is 0 Å². The van der Waals surface area contributed by atoms with Gasteiger partial charge in [-0.25, -0.2) is 0 Å². The van der Waals surface area contributed by atoms with Crippen LogP contribution in [0.4, 0.5) is 0 Å². The summed E-state index contributed by atoms with van der Waals surface area (Å²) in [6, 6.07) is 12.0. The Morgan fingerprint density at radius 2 is 1.12 bits per heavy atom. The fraction of sp³-hybridized carbons (Fsp3) is 0.286. The van der Waals surface area contributed by atoms with Gasteiger partial charge in [0, 0.05) is 23.8 Å². The summed E-state index contributed by atoms with van der Waals surface area (Å²) in [6.45, 7) is 1.67. The van der Waals surface area contributed by atoms with Crippen molar-refractivity contribution in [3.63, 3.8) is 0 Å². The molecule has 0 saturated carbocycles. The van der Waals surface area contributed by atoms with E-state index in [9.17, 15) is 0 Å². The number of hydrogen-bond acceptors (Lipinski definition) is 8. The number of hydrogen-bond donors (Lipinski definition) is 0. The van der Waals surface area contributed by atoms with E-state index in [0.29, 0.717) is 0 Å². The van der Waals surface area contributed by atoms with Gasteiger partial charge in [-0.1, -0.05) is 12.1 Å². The van der Waals surface area contributed by atoms with E-state index >= 15 is 0 Å². The molecular formula is C14H16CoN5O6. The largest absolute Gasteiger partial charge is 3.00 e. The van der Waals surface area contributed by atoms with Gasteiger partial charge in [0.2, 0.25) is 0 Å². The van der Waals surface area contributed by atoms with Crippen molar-refractivity contribution in [2.45, 2.75) is 12.8 Å². The molecule has 11 nitrogen and oxygen atoms in total. The maximum atomic E-state index is 8.25. The van der Waals surface area contributed by atoms with Crippen LogP contribution < -0.4 is 0 Å². The first-order chi connectivity index (χ1) is 11.9. The Morgan fingerprint density at radius 1 is 0.769 bits per heavy atom. The molecule has 2 aromatic heterocycles. The van der Waals surface area contributed by atoms with Crippen molar-refractivity contribution in [2.24, 2.45) is 0 Å². The first-order valence-electron chi connectivity index (χ1n) is 6.98. The molecule has 0 aliphatic rings. The van der Waals surface area contributed by atoms with Gasteiger partial charge in [-0.05, 0) is 37.1 Å². The molecule has 0 N–H and O–H groups in total. The molecule has 0 unspecified atom stereocenters.